The summed E-state index contributed by atoms with van der Waals surface area (Å²) in [6.45, 7) is 2.06. The topological polar surface area (TPSA) is 111 Å². The van der Waals surface area contributed by atoms with Crippen molar-refractivity contribution in [2.75, 3.05) is 37.9 Å². The summed E-state index contributed by atoms with van der Waals surface area (Å²) in [5.41, 5.74) is 2.27. The molecular formula is C32H35F5O7S. The third-order valence-electron chi connectivity index (χ3n) is 7.70. The Labute approximate surface area is 260 Å². The molecule has 0 bridgehead atoms. The zero-order chi connectivity index (χ0) is 32.8. The average molecular weight is 659 g/mol. The number of halogens is 5. The van der Waals surface area contributed by atoms with Crippen molar-refractivity contribution in [1.82, 2.24) is 0 Å². The number of phenolic OH excluding ortho intramolecular Hbond substituents is 2. The van der Waals surface area contributed by atoms with E-state index in [2.05, 4.69) is 6.92 Å². The molecule has 1 aliphatic rings. The maximum atomic E-state index is 12.9. The normalized spacial score (nSPS) is 19.8. The monoisotopic (exact) mass is 658 g/mol. The summed E-state index contributed by atoms with van der Waals surface area (Å²) in [6, 6.07) is 19.3. The number of phenols is 2. The summed E-state index contributed by atoms with van der Waals surface area (Å²) in [6.07, 6.45) is -8.63. The molecule has 3 N–H and O–H groups in total. The zero-order valence-corrected chi connectivity index (χ0v) is 25.3. The van der Waals surface area contributed by atoms with Crippen molar-refractivity contribution < 1.29 is 56.0 Å². The van der Waals surface area contributed by atoms with Gasteiger partial charge in [0.2, 0.25) is 0 Å². The molecule has 45 heavy (non-hydrogen) atoms. The number of alkyl halides is 5. The Morgan fingerprint density at radius 2 is 1.62 bits per heavy atom. The van der Waals surface area contributed by atoms with Gasteiger partial charge in [-0.2, -0.15) is 22.0 Å². The molecule has 13 heteroatoms. The van der Waals surface area contributed by atoms with E-state index < -0.39 is 47.6 Å². The summed E-state index contributed by atoms with van der Waals surface area (Å²) < 4.78 is 91.4. The van der Waals surface area contributed by atoms with Crippen LogP contribution in [0, 0.1) is 0 Å². The van der Waals surface area contributed by atoms with Gasteiger partial charge in [0.05, 0.1) is 19.8 Å². The molecule has 0 amide bonds. The molecule has 0 radical (unpaired) electrons. The zero-order valence-electron chi connectivity index (χ0n) is 24.4. The smallest absolute Gasteiger partial charge is 0.453 e. The minimum atomic E-state index is -5.63. The first-order valence-corrected chi connectivity index (χ1v) is 15.7. The summed E-state index contributed by atoms with van der Waals surface area (Å²) in [4.78, 5) is 0. The lowest BCUT2D eigenvalue weighted by Gasteiger charge is -2.43. The highest BCUT2D eigenvalue weighted by Gasteiger charge is 2.56. The minimum Gasteiger partial charge on any atom is -0.616 e. The number of hydrogen-bond acceptors (Lipinski definition) is 7. The van der Waals surface area contributed by atoms with Crippen LogP contribution in [0.5, 0.6) is 23.0 Å². The third kappa shape index (κ3) is 8.72. The van der Waals surface area contributed by atoms with Gasteiger partial charge in [-0.3, -0.25) is 0 Å². The van der Waals surface area contributed by atoms with Gasteiger partial charge < -0.3 is 34.1 Å². The maximum Gasteiger partial charge on any atom is 0.453 e. The molecule has 4 atom stereocenters. The van der Waals surface area contributed by atoms with Crippen molar-refractivity contribution in [1.29, 1.82) is 0 Å². The lowest BCUT2D eigenvalue weighted by molar-refractivity contribution is -0.284. The fourth-order valence-corrected chi connectivity index (χ4v) is 6.22. The maximum absolute atomic E-state index is 12.9. The molecule has 1 aliphatic heterocycles. The van der Waals surface area contributed by atoms with E-state index in [0.717, 1.165) is 16.7 Å². The summed E-state index contributed by atoms with van der Waals surface area (Å²) >= 11 is -1.64. The Balaban J connectivity index is 1.29. The molecule has 3 aromatic carbocycles. The van der Waals surface area contributed by atoms with Gasteiger partial charge in [0.25, 0.3) is 0 Å². The van der Waals surface area contributed by atoms with E-state index in [1.165, 1.54) is 0 Å². The van der Waals surface area contributed by atoms with Gasteiger partial charge in [-0.15, -0.1) is 0 Å². The van der Waals surface area contributed by atoms with Crippen LogP contribution in [0.4, 0.5) is 22.0 Å². The molecule has 3 aromatic rings. The predicted octanol–water partition coefficient (Wildman–Crippen LogP) is 6.06. The van der Waals surface area contributed by atoms with E-state index in [1.807, 2.05) is 30.3 Å². The van der Waals surface area contributed by atoms with Crippen molar-refractivity contribution in [2.45, 2.75) is 49.3 Å². The van der Waals surface area contributed by atoms with Crippen molar-refractivity contribution in [2.24, 2.45) is 0 Å². The SMILES string of the molecule is CC1(c2ccc(O)cc2)COc2cc(O)ccc2C1c1ccc(OC[C@H](O)COCC[S+]([O-])CCCC(F)(F)C(F)(F)F)cc1. The molecule has 1 heterocycles. The van der Waals surface area contributed by atoms with Gasteiger partial charge in [0, 0.05) is 29.4 Å². The fraction of sp³-hybridized carbons (Fsp3) is 0.438. The van der Waals surface area contributed by atoms with E-state index in [1.54, 1.807) is 36.4 Å². The highest BCUT2D eigenvalue weighted by Crippen LogP contribution is 2.51. The number of hydrogen-bond donors (Lipinski definition) is 3. The van der Waals surface area contributed by atoms with Gasteiger partial charge in [-0.25, -0.2) is 0 Å². The molecule has 3 unspecified atom stereocenters. The number of fused-ring (bicyclic) bond motifs is 1. The van der Waals surface area contributed by atoms with Gasteiger partial charge >= 0.3 is 12.1 Å². The number of aliphatic hydroxyl groups is 1. The second-order valence-electron chi connectivity index (χ2n) is 11.2. The fourth-order valence-electron chi connectivity index (χ4n) is 5.25. The average Bonchev–Trinajstić information content (AvgIpc) is 2.98. The van der Waals surface area contributed by atoms with E-state index in [0.29, 0.717) is 18.1 Å². The molecule has 0 aliphatic carbocycles. The molecule has 246 valence electrons. The third-order valence-corrected chi connectivity index (χ3v) is 9.06. The first-order valence-electron chi connectivity index (χ1n) is 14.2. The van der Waals surface area contributed by atoms with Crippen molar-refractivity contribution >= 4 is 11.2 Å². The first kappa shape index (κ1) is 34.6. The Morgan fingerprint density at radius 1 is 0.956 bits per heavy atom. The second kappa shape index (κ2) is 14.4. The molecule has 7 nitrogen and oxygen atoms in total. The first-order chi connectivity index (χ1) is 21.2. The number of benzene rings is 3. The van der Waals surface area contributed by atoms with Crippen LogP contribution in [0.2, 0.25) is 0 Å². The van der Waals surface area contributed by atoms with Crippen molar-refractivity contribution in [3.8, 4) is 23.0 Å². The molecule has 4 rings (SSSR count). The lowest BCUT2D eigenvalue weighted by atomic mass is 9.65. The van der Waals surface area contributed by atoms with E-state index >= 15 is 0 Å². The Kier molecular flexibility index (Phi) is 11.1. The largest absolute Gasteiger partial charge is 0.616 e. The minimum absolute atomic E-state index is 0.0648. The molecule has 0 fully saturated rings. The van der Waals surface area contributed by atoms with Gasteiger partial charge in [-0.1, -0.05) is 48.4 Å². The molecule has 0 saturated heterocycles. The summed E-state index contributed by atoms with van der Waals surface area (Å²) in [7, 11) is 0. The quantitative estimate of drug-likeness (QED) is 0.110. The summed E-state index contributed by atoms with van der Waals surface area (Å²) in [5.74, 6) is -4.06. The second-order valence-corrected chi connectivity index (χ2v) is 12.9. The van der Waals surface area contributed by atoms with Crippen molar-refractivity contribution in [3.63, 3.8) is 0 Å². The van der Waals surface area contributed by atoms with Crippen LogP contribution < -0.4 is 9.47 Å². The lowest BCUT2D eigenvalue weighted by Crippen LogP contribution is -2.40. The number of aromatic hydroxyl groups is 2. The van der Waals surface area contributed by atoms with E-state index in [-0.39, 0.29) is 48.7 Å². The predicted molar refractivity (Wildman–Crippen MR) is 158 cm³/mol. The van der Waals surface area contributed by atoms with Gasteiger partial charge in [-0.05, 0) is 47.9 Å². The Morgan fingerprint density at radius 3 is 2.29 bits per heavy atom. The highest BCUT2D eigenvalue weighted by atomic mass is 32.2. The molecule has 0 aromatic heterocycles. The van der Waals surface area contributed by atoms with Crippen LogP contribution in [0.15, 0.2) is 66.7 Å². The van der Waals surface area contributed by atoms with Gasteiger partial charge in [0.15, 0.2) is 0 Å². The van der Waals surface area contributed by atoms with Crippen LogP contribution in [-0.4, -0.2) is 76.0 Å². The Hall–Kier alpha value is -3.26. The van der Waals surface area contributed by atoms with Gasteiger partial charge in [0.1, 0.15) is 47.2 Å². The number of aliphatic hydroxyl groups excluding tert-OH is 1. The van der Waals surface area contributed by atoms with E-state index in [4.69, 9.17) is 14.2 Å². The van der Waals surface area contributed by atoms with Crippen LogP contribution >= 0.6 is 0 Å². The van der Waals surface area contributed by atoms with Crippen LogP contribution in [0.3, 0.4) is 0 Å². The standard InChI is InChI=1S/C32H35F5O7S/c1-30(22-5-7-23(38)8-6-22)20-44-28-17-24(39)9-12-27(28)29(30)21-3-10-26(11-4-21)43-19-25(40)18-42-14-16-45(41)15-2-13-31(33,34)32(35,36)37/h3-12,17,25,29,38-40H,2,13-16,18-20H2,1H3/t25-,29?,30?,45?/m1/s1. The van der Waals surface area contributed by atoms with Crippen molar-refractivity contribution in [3.05, 3.63) is 83.4 Å². The molecule has 0 saturated carbocycles. The van der Waals surface area contributed by atoms with E-state index in [9.17, 15) is 41.8 Å². The van der Waals surface area contributed by atoms with Crippen LogP contribution in [-0.2, 0) is 21.3 Å². The molecule has 0 spiro atoms. The Bertz CT molecular complexity index is 1390. The number of rotatable bonds is 14. The van der Waals surface area contributed by atoms with Crippen LogP contribution in [0.1, 0.15) is 42.4 Å². The number of ether oxygens (including phenoxy) is 3. The van der Waals surface area contributed by atoms with Crippen LogP contribution in [0.25, 0.3) is 0 Å². The molecular weight excluding hydrogens is 623 g/mol. The summed E-state index contributed by atoms with van der Waals surface area (Å²) in [5, 5.41) is 30.1. The highest BCUT2D eigenvalue weighted by molar-refractivity contribution is 7.91.